The number of rotatable bonds is 6. The molecule has 1 aromatic rings. The SMILES string of the molecule is CC(C)CCCNC(=O)c1cn(C2CNC2)nn1. The van der Waals surface area contributed by atoms with Crippen molar-refractivity contribution in [3.8, 4) is 0 Å². The molecule has 0 aromatic carbocycles. The fourth-order valence-corrected chi connectivity index (χ4v) is 1.82. The Labute approximate surface area is 107 Å². The van der Waals surface area contributed by atoms with Gasteiger partial charge in [-0.1, -0.05) is 19.1 Å². The summed E-state index contributed by atoms with van der Waals surface area (Å²) in [7, 11) is 0. The molecule has 6 heteroatoms. The second-order valence-corrected chi connectivity index (χ2v) is 5.19. The van der Waals surface area contributed by atoms with Gasteiger partial charge in [-0.2, -0.15) is 0 Å². The van der Waals surface area contributed by atoms with Gasteiger partial charge in [0, 0.05) is 19.6 Å². The Balaban J connectivity index is 1.76. The minimum atomic E-state index is -0.128. The van der Waals surface area contributed by atoms with Gasteiger partial charge in [0.1, 0.15) is 0 Å². The smallest absolute Gasteiger partial charge is 0.273 e. The first-order valence-electron chi connectivity index (χ1n) is 6.57. The highest BCUT2D eigenvalue weighted by Gasteiger charge is 2.21. The van der Waals surface area contributed by atoms with E-state index in [0.29, 0.717) is 24.2 Å². The van der Waals surface area contributed by atoms with Crippen molar-refractivity contribution in [1.29, 1.82) is 0 Å². The number of aromatic nitrogens is 3. The Morgan fingerprint density at radius 3 is 3.00 bits per heavy atom. The molecule has 1 aliphatic rings. The largest absolute Gasteiger partial charge is 0.351 e. The van der Waals surface area contributed by atoms with Gasteiger partial charge in [0.25, 0.3) is 5.91 Å². The lowest BCUT2D eigenvalue weighted by Crippen LogP contribution is -2.43. The molecule has 1 amide bonds. The molecule has 100 valence electrons. The predicted molar refractivity (Wildman–Crippen MR) is 68.3 cm³/mol. The van der Waals surface area contributed by atoms with E-state index in [1.807, 2.05) is 0 Å². The molecule has 1 aromatic heterocycles. The van der Waals surface area contributed by atoms with Gasteiger partial charge >= 0.3 is 0 Å². The van der Waals surface area contributed by atoms with Gasteiger partial charge in [-0.15, -0.1) is 5.10 Å². The van der Waals surface area contributed by atoms with Crippen molar-refractivity contribution < 1.29 is 4.79 Å². The Bertz CT molecular complexity index is 397. The van der Waals surface area contributed by atoms with Crippen LogP contribution >= 0.6 is 0 Å². The second kappa shape index (κ2) is 5.95. The Hall–Kier alpha value is -1.43. The molecule has 1 fully saturated rings. The molecule has 1 aliphatic heterocycles. The maximum atomic E-state index is 11.8. The van der Waals surface area contributed by atoms with Crippen molar-refractivity contribution in [2.24, 2.45) is 5.92 Å². The molecule has 6 nitrogen and oxygen atoms in total. The van der Waals surface area contributed by atoms with Crippen molar-refractivity contribution in [2.45, 2.75) is 32.7 Å². The van der Waals surface area contributed by atoms with Gasteiger partial charge < -0.3 is 10.6 Å². The van der Waals surface area contributed by atoms with E-state index in [9.17, 15) is 4.79 Å². The predicted octanol–water partition coefficient (Wildman–Crippen LogP) is 0.588. The monoisotopic (exact) mass is 251 g/mol. The van der Waals surface area contributed by atoms with E-state index in [-0.39, 0.29) is 5.91 Å². The average Bonchev–Trinajstić information content (AvgIpc) is 2.70. The number of nitrogens with one attached hydrogen (secondary N) is 2. The summed E-state index contributed by atoms with van der Waals surface area (Å²) >= 11 is 0. The molecule has 0 radical (unpaired) electrons. The van der Waals surface area contributed by atoms with Crippen LogP contribution in [0.15, 0.2) is 6.20 Å². The topological polar surface area (TPSA) is 71.8 Å². The summed E-state index contributed by atoms with van der Waals surface area (Å²) in [6.45, 7) is 6.87. The summed E-state index contributed by atoms with van der Waals surface area (Å²) in [6, 6.07) is 0.347. The third-order valence-electron chi connectivity index (χ3n) is 3.12. The zero-order valence-corrected chi connectivity index (χ0v) is 11.0. The zero-order valence-electron chi connectivity index (χ0n) is 11.0. The van der Waals surface area contributed by atoms with Crippen LogP contribution in [0.1, 0.15) is 43.2 Å². The summed E-state index contributed by atoms with van der Waals surface area (Å²) in [5.74, 6) is 0.547. The average molecular weight is 251 g/mol. The molecule has 0 aliphatic carbocycles. The Morgan fingerprint density at radius 2 is 2.39 bits per heavy atom. The lowest BCUT2D eigenvalue weighted by Gasteiger charge is -2.26. The number of carbonyl (C=O) groups is 1. The van der Waals surface area contributed by atoms with E-state index in [1.54, 1.807) is 10.9 Å². The van der Waals surface area contributed by atoms with Crippen molar-refractivity contribution >= 4 is 5.91 Å². The standard InChI is InChI=1S/C12H21N5O/c1-9(2)4-3-5-14-12(18)11-8-17(16-15-11)10-6-13-7-10/h8-10,13H,3-7H2,1-2H3,(H,14,18). The quantitative estimate of drug-likeness (QED) is 0.726. The van der Waals surface area contributed by atoms with Crippen LogP contribution in [-0.4, -0.2) is 40.5 Å². The van der Waals surface area contributed by atoms with E-state index in [4.69, 9.17) is 0 Å². The van der Waals surface area contributed by atoms with Gasteiger partial charge in [-0.3, -0.25) is 4.79 Å². The van der Waals surface area contributed by atoms with Gasteiger partial charge in [-0.25, -0.2) is 4.68 Å². The van der Waals surface area contributed by atoms with E-state index in [2.05, 4.69) is 34.8 Å². The van der Waals surface area contributed by atoms with Gasteiger partial charge in [0.2, 0.25) is 0 Å². The molecule has 2 N–H and O–H groups in total. The van der Waals surface area contributed by atoms with Crippen LogP contribution < -0.4 is 10.6 Å². The zero-order chi connectivity index (χ0) is 13.0. The van der Waals surface area contributed by atoms with E-state index >= 15 is 0 Å². The third-order valence-corrected chi connectivity index (χ3v) is 3.12. The van der Waals surface area contributed by atoms with Crippen molar-refractivity contribution in [3.05, 3.63) is 11.9 Å². The number of carbonyl (C=O) groups excluding carboxylic acids is 1. The fraction of sp³-hybridized carbons (Fsp3) is 0.750. The number of amides is 1. The first-order chi connectivity index (χ1) is 8.66. The highest BCUT2D eigenvalue weighted by Crippen LogP contribution is 2.09. The Morgan fingerprint density at radius 1 is 1.61 bits per heavy atom. The lowest BCUT2D eigenvalue weighted by atomic mass is 10.1. The summed E-state index contributed by atoms with van der Waals surface area (Å²) < 4.78 is 1.76. The van der Waals surface area contributed by atoms with Gasteiger partial charge in [0.15, 0.2) is 5.69 Å². The van der Waals surface area contributed by atoms with Crippen LogP contribution in [0.4, 0.5) is 0 Å². The van der Waals surface area contributed by atoms with Crippen molar-refractivity contribution in [2.75, 3.05) is 19.6 Å². The lowest BCUT2D eigenvalue weighted by molar-refractivity contribution is 0.0947. The highest BCUT2D eigenvalue weighted by atomic mass is 16.2. The third kappa shape index (κ3) is 3.29. The summed E-state index contributed by atoms with van der Waals surface area (Å²) in [5.41, 5.74) is 0.409. The molecule has 1 saturated heterocycles. The number of hydrogen-bond acceptors (Lipinski definition) is 4. The summed E-state index contributed by atoms with van der Waals surface area (Å²) in [6.07, 6.45) is 3.86. The normalized spacial score (nSPS) is 15.7. The maximum Gasteiger partial charge on any atom is 0.273 e. The van der Waals surface area contributed by atoms with Crippen LogP contribution in [0.2, 0.25) is 0 Å². The van der Waals surface area contributed by atoms with Crippen LogP contribution in [0.3, 0.4) is 0 Å². The summed E-state index contributed by atoms with van der Waals surface area (Å²) in [5, 5.41) is 13.9. The molecular weight excluding hydrogens is 230 g/mol. The number of hydrogen-bond donors (Lipinski definition) is 2. The molecule has 2 heterocycles. The molecule has 0 spiro atoms. The molecule has 2 rings (SSSR count). The summed E-state index contributed by atoms with van der Waals surface area (Å²) in [4.78, 5) is 11.8. The maximum absolute atomic E-state index is 11.8. The van der Waals surface area contributed by atoms with E-state index in [1.165, 1.54) is 0 Å². The van der Waals surface area contributed by atoms with Gasteiger partial charge in [0.05, 0.1) is 12.2 Å². The fourth-order valence-electron chi connectivity index (χ4n) is 1.82. The Kier molecular flexibility index (Phi) is 4.30. The molecular formula is C12H21N5O. The molecule has 0 bridgehead atoms. The first-order valence-corrected chi connectivity index (χ1v) is 6.57. The van der Waals surface area contributed by atoms with Crippen molar-refractivity contribution in [3.63, 3.8) is 0 Å². The minimum absolute atomic E-state index is 0.128. The van der Waals surface area contributed by atoms with Crippen LogP contribution in [0.5, 0.6) is 0 Å². The second-order valence-electron chi connectivity index (χ2n) is 5.19. The van der Waals surface area contributed by atoms with E-state index < -0.39 is 0 Å². The molecule has 0 unspecified atom stereocenters. The van der Waals surface area contributed by atoms with Crippen LogP contribution in [-0.2, 0) is 0 Å². The molecule has 0 saturated carbocycles. The van der Waals surface area contributed by atoms with E-state index in [0.717, 1.165) is 25.9 Å². The highest BCUT2D eigenvalue weighted by molar-refractivity contribution is 5.91. The van der Waals surface area contributed by atoms with Crippen LogP contribution in [0.25, 0.3) is 0 Å². The molecule has 18 heavy (non-hydrogen) atoms. The molecule has 0 atom stereocenters. The number of nitrogens with zero attached hydrogens (tertiary/aromatic N) is 3. The minimum Gasteiger partial charge on any atom is -0.351 e. The first kappa shape index (κ1) is 13.0. The van der Waals surface area contributed by atoms with Crippen LogP contribution in [0, 0.1) is 5.92 Å². The van der Waals surface area contributed by atoms with Crippen molar-refractivity contribution in [1.82, 2.24) is 25.6 Å². The van der Waals surface area contributed by atoms with Gasteiger partial charge in [-0.05, 0) is 18.8 Å².